The minimum Gasteiger partial charge on any atom is -0.494 e. The van der Waals surface area contributed by atoms with E-state index in [1.54, 1.807) is 42.5 Å². The first-order valence-corrected chi connectivity index (χ1v) is 15.8. The lowest BCUT2D eigenvalue weighted by molar-refractivity contribution is -0.141. The van der Waals surface area contributed by atoms with E-state index < -0.39 is 16.1 Å². The van der Waals surface area contributed by atoms with E-state index >= 15 is 0 Å². The third-order valence-electron chi connectivity index (χ3n) is 6.36. The maximum Gasteiger partial charge on any atom is 0.243 e. The molecule has 0 spiro atoms. The molecular formula is C28H39Cl2N3O5S. The van der Waals surface area contributed by atoms with Crippen LogP contribution in [0.4, 0.5) is 5.69 Å². The van der Waals surface area contributed by atoms with E-state index in [1.807, 2.05) is 27.7 Å². The summed E-state index contributed by atoms with van der Waals surface area (Å²) >= 11 is 12.8. The van der Waals surface area contributed by atoms with Gasteiger partial charge in [0, 0.05) is 41.2 Å². The summed E-state index contributed by atoms with van der Waals surface area (Å²) in [5.41, 5.74) is 1.03. The summed E-state index contributed by atoms with van der Waals surface area (Å²) in [7, 11) is -3.60. The Morgan fingerprint density at radius 2 is 1.62 bits per heavy atom. The van der Waals surface area contributed by atoms with Crippen LogP contribution in [0.5, 0.6) is 5.75 Å². The topological polar surface area (TPSA) is 96.0 Å². The Kier molecular flexibility index (Phi) is 12.9. The molecule has 2 rings (SSSR count). The molecule has 11 heteroatoms. The molecule has 2 aromatic carbocycles. The van der Waals surface area contributed by atoms with E-state index in [1.165, 1.54) is 9.21 Å². The molecule has 0 saturated heterocycles. The van der Waals surface area contributed by atoms with Crippen LogP contribution in [0, 0.1) is 0 Å². The van der Waals surface area contributed by atoms with Gasteiger partial charge in [0.15, 0.2) is 0 Å². The molecule has 0 saturated carbocycles. The standard InChI is InChI=1S/C28H39Cl2N3O5S/c1-6-20(4)31-28(35)26(7-2)32(19-23-24(29)11-9-12-25(23)30)27(34)13-10-18-33(39(5,36)37)21-14-16-22(17-15-21)38-8-3/h9,11-12,14-17,20,26H,6-8,10,13,18-19H2,1-5H3,(H,31,35)/t20-,26+/m0/s1. The Labute approximate surface area is 242 Å². The summed E-state index contributed by atoms with van der Waals surface area (Å²) in [5.74, 6) is 0.0906. The fourth-order valence-electron chi connectivity index (χ4n) is 4.09. The van der Waals surface area contributed by atoms with Crippen LogP contribution >= 0.6 is 23.2 Å². The number of amides is 2. The first-order valence-electron chi connectivity index (χ1n) is 13.2. The summed E-state index contributed by atoms with van der Waals surface area (Å²) in [5, 5.41) is 3.76. The van der Waals surface area contributed by atoms with Crippen molar-refractivity contribution in [2.24, 2.45) is 0 Å². The van der Waals surface area contributed by atoms with E-state index in [0.29, 0.717) is 40.1 Å². The fraction of sp³-hybridized carbons (Fsp3) is 0.500. The van der Waals surface area contributed by atoms with Crippen molar-refractivity contribution in [1.82, 2.24) is 10.2 Å². The molecule has 0 unspecified atom stereocenters. The monoisotopic (exact) mass is 599 g/mol. The maximum atomic E-state index is 13.6. The van der Waals surface area contributed by atoms with Crippen LogP contribution in [0.1, 0.15) is 58.9 Å². The minimum atomic E-state index is -3.60. The molecule has 0 aliphatic heterocycles. The van der Waals surface area contributed by atoms with Crippen LogP contribution in [0.15, 0.2) is 42.5 Å². The zero-order chi connectivity index (χ0) is 29.2. The number of carbonyl (C=O) groups excluding carboxylic acids is 2. The first-order chi connectivity index (χ1) is 18.4. The molecule has 0 aliphatic carbocycles. The number of sulfonamides is 1. The van der Waals surface area contributed by atoms with Crippen molar-refractivity contribution >= 4 is 50.7 Å². The minimum absolute atomic E-state index is 0.0260. The van der Waals surface area contributed by atoms with Crippen molar-refractivity contribution in [3.05, 3.63) is 58.1 Å². The predicted molar refractivity (Wildman–Crippen MR) is 158 cm³/mol. The maximum absolute atomic E-state index is 13.6. The molecule has 0 heterocycles. The van der Waals surface area contributed by atoms with Gasteiger partial charge in [0.25, 0.3) is 0 Å². The molecule has 2 aromatic rings. The Bertz CT molecular complexity index is 1190. The summed E-state index contributed by atoms with van der Waals surface area (Å²) in [6.45, 7) is 8.23. The van der Waals surface area contributed by atoms with Crippen molar-refractivity contribution in [2.75, 3.05) is 23.7 Å². The fourth-order valence-corrected chi connectivity index (χ4v) is 5.58. The average molecular weight is 601 g/mol. The second-order valence-electron chi connectivity index (χ2n) is 9.33. The number of hydrogen-bond acceptors (Lipinski definition) is 5. The van der Waals surface area contributed by atoms with Gasteiger partial charge in [-0.05, 0) is 69.5 Å². The SMILES string of the molecule is CCOc1ccc(N(CCCC(=O)N(Cc2c(Cl)cccc2Cl)[C@H](CC)C(=O)N[C@@H](C)CC)S(C)(=O)=O)cc1. The van der Waals surface area contributed by atoms with Crippen molar-refractivity contribution in [3.8, 4) is 5.75 Å². The molecule has 0 radical (unpaired) electrons. The highest BCUT2D eigenvalue weighted by Crippen LogP contribution is 2.28. The number of nitrogens with one attached hydrogen (secondary N) is 1. The van der Waals surface area contributed by atoms with Gasteiger partial charge in [-0.3, -0.25) is 13.9 Å². The molecule has 1 N–H and O–H groups in total. The van der Waals surface area contributed by atoms with Gasteiger partial charge in [-0.1, -0.05) is 43.1 Å². The van der Waals surface area contributed by atoms with E-state index in [0.717, 1.165) is 12.7 Å². The highest BCUT2D eigenvalue weighted by Gasteiger charge is 2.30. The van der Waals surface area contributed by atoms with Crippen molar-refractivity contribution in [2.45, 2.75) is 72.0 Å². The van der Waals surface area contributed by atoms with Gasteiger partial charge in [-0.25, -0.2) is 8.42 Å². The highest BCUT2D eigenvalue weighted by molar-refractivity contribution is 7.92. The van der Waals surface area contributed by atoms with Gasteiger partial charge in [0.2, 0.25) is 21.8 Å². The zero-order valence-corrected chi connectivity index (χ0v) is 25.6. The number of nitrogens with zero attached hydrogens (tertiary/aromatic N) is 2. The second kappa shape index (κ2) is 15.3. The average Bonchev–Trinajstić information content (AvgIpc) is 2.88. The molecule has 216 valence electrons. The Morgan fingerprint density at radius 3 is 2.13 bits per heavy atom. The number of hydrogen-bond donors (Lipinski definition) is 1. The number of halogens is 2. The largest absolute Gasteiger partial charge is 0.494 e. The van der Waals surface area contributed by atoms with Gasteiger partial charge >= 0.3 is 0 Å². The summed E-state index contributed by atoms with van der Waals surface area (Å²) in [6, 6.07) is 11.1. The summed E-state index contributed by atoms with van der Waals surface area (Å²) in [4.78, 5) is 28.2. The molecule has 0 aliphatic rings. The van der Waals surface area contributed by atoms with Crippen LogP contribution in [-0.2, 0) is 26.2 Å². The van der Waals surface area contributed by atoms with Crippen LogP contribution in [0.2, 0.25) is 10.0 Å². The number of benzene rings is 2. The van der Waals surface area contributed by atoms with Crippen LogP contribution in [0.25, 0.3) is 0 Å². The lowest BCUT2D eigenvalue weighted by atomic mass is 10.1. The molecule has 0 aromatic heterocycles. The molecule has 8 nitrogen and oxygen atoms in total. The number of ether oxygens (including phenoxy) is 1. The second-order valence-corrected chi connectivity index (χ2v) is 12.1. The van der Waals surface area contributed by atoms with E-state index in [9.17, 15) is 18.0 Å². The third kappa shape index (κ3) is 9.58. The predicted octanol–water partition coefficient (Wildman–Crippen LogP) is 5.66. The normalized spacial score (nSPS) is 12.9. The lowest BCUT2D eigenvalue weighted by Gasteiger charge is -2.32. The van der Waals surface area contributed by atoms with Crippen LogP contribution < -0.4 is 14.4 Å². The molecule has 2 amide bonds. The van der Waals surface area contributed by atoms with Crippen molar-refractivity contribution in [3.63, 3.8) is 0 Å². The van der Waals surface area contributed by atoms with Gasteiger partial charge in [-0.15, -0.1) is 0 Å². The zero-order valence-electron chi connectivity index (χ0n) is 23.2. The van der Waals surface area contributed by atoms with Crippen LogP contribution in [-0.4, -0.2) is 56.6 Å². The summed E-state index contributed by atoms with van der Waals surface area (Å²) < 4.78 is 31.8. The number of anilines is 1. The summed E-state index contributed by atoms with van der Waals surface area (Å²) in [6.07, 6.45) is 2.54. The molecule has 0 fully saturated rings. The van der Waals surface area contributed by atoms with Gasteiger partial charge in [0.05, 0.1) is 18.6 Å². The van der Waals surface area contributed by atoms with E-state index in [4.69, 9.17) is 27.9 Å². The molecule has 0 bridgehead atoms. The number of rotatable bonds is 15. The molecule has 39 heavy (non-hydrogen) atoms. The van der Waals surface area contributed by atoms with Crippen molar-refractivity contribution < 1.29 is 22.7 Å². The first kappa shape index (κ1) is 32.7. The Morgan fingerprint density at radius 1 is 1.00 bits per heavy atom. The quantitative estimate of drug-likeness (QED) is 0.285. The number of carbonyl (C=O) groups is 2. The van der Waals surface area contributed by atoms with Crippen LogP contribution in [0.3, 0.4) is 0 Å². The lowest BCUT2D eigenvalue weighted by Crippen LogP contribution is -2.50. The van der Waals surface area contributed by atoms with Gasteiger partial charge < -0.3 is 15.0 Å². The third-order valence-corrected chi connectivity index (χ3v) is 8.27. The van der Waals surface area contributed by atoms with Gasteiger partial charge in [0.1, 0.15) is 11.8 Å². The highest BCUT2D eigenvalue weighted by atomic mass is 35.5. The van der Waals surface area contributed by atoms with Crippen molar-refractivity contribution in [1.29, 1.82) is 0 Å². The van der Waals surface area contributed by atoms with Gasteiger partial charge in [-0.2, -0.15) is 0 Å². The molecular weight excluding hydrogens is 561 g/mol. The molecule has 2 atom stereocenters. The Balaban J connectivity index is 2.26. The Hall–Kier alpha value is -2.49. The van der Waals surface area contributed by atoms with E-state index in [2.05, 4.69) is 5.32 Å². The smallest absolute Gasteiger partial charge is 0.243 e. The van der Waals surface area contributed by atoms with E-state index in [-0.39, 0.29) is 43.8 Å².